The van der Waals surface area contributed by atoms with Crippen molar-refractivity contribution >= 4 is 22.8 Å². The van der Waals surface area contributed by atoms with E-state index >= 15 is 0 Å². The lowest BCUT2D eigenvalue weighted by Gasteiger charge is -2.41. The first-order valence-electron chi connectivity index (χ1n) is 14.2. The van der Waals surface area contributed by atoms with E-state index < -0.39 is 17.2 Å². The summed E-state index contributed by atoms with van der Waals surface area (Å²) < 4.78 is 36.8. The first-order chi connectivity index (χ1) is 18.8. The van der Waals surface area contributed by atoms with Gasteiger partial charge in [-0.05, 0) is 77.5 Å². The molecule has 0 aromatic heterocycles. The van der Waals surface area contributed by atoms with E-state index in [-0.39, 0.29) is 10.8 Å². The lowest BCUT2D eigenvalue weighted by atomic mass is 9.85. The Balaban J connectivity index is 1.33. The molecule has 0 bridgehead atoms. The van der Waals surface area contributed by atoms with E-state index in [1.807, 2.05) is 13.0 Å². The van der Waals surface area contributed by atoms with Crippen molar-refractivity contribution in [2.45, 2.75) is 73.6 Å². The van der Waals surface area contributed by atoms with Crippen molar-refractivity contribution in [2.24, 2.45) is 17.3 Å². The van der Waals surface area contributed by atoms with E-state index in [0.717, 1.165) is 35.5 Å². The molecule has 2 aliphatic heterocycles. The molecule has 0 saturated carbocycles. The van der Waals surface area contributed by atoms with Crippen molar-refractivity contribution in [1.82, 2.24) is 0 Å². The zero-order valence-corrected chi connectivity index (χ0v) is 27.2. The fraction of sp³-hybridized carbons (Fsp3) is 0.562. The molecule has 4 rings (SSSR count). The Hall–Kier alpha value is -1.52. The van der Waals surface area contributed by atoms with Gasteiger partial charge in [0.25, 0.3) is 0 Å². The van der Waals surface area contributed by atoms with E-state index in [2.05, 4.69) is 85.4 Å². The minimum absolute atomic E-state index is 0.0766. The summed E-state index contributed by atoms with van der Waals surface area (Å²) in [4.78, 5) is 0. The molecule has 40 heavy (non-hydrogen) atoms. The highest BCUT2D eigenvalue weighted by Gasteiger charge is 2.45. The van der Waals surface area contributed by atoms with Gasteiger partial charge in [-0.2, -0.15) is 0 Å². The van der Waals surface area contributed by atoms with Gasteiger partial charge >= 0.3 is 17.2 Å². The Kier molecular flexibility index (Phi) is 10.4. The van der Waals surface area contributed by atoms with Gasteiger partial charge in [0.15, 0.2) is 0 Å². The van der Waals surface area contributed by atoms with Crippen LogP contribution in [0.25, 0.3) is 5.57 Å². The maximum atomic E-state index is 6.27. The molecule has 2 aromatic carbocycles. The number of hydrogen-bond acceptors (Lipinski definition) is 6. The minimum atomic E-state index is -1.52. The third-order valence-corrected chi connectivity index (χ3v) is 9.00. The summed E-state index contributed by atoms with van der Waals surface area (Å²) in [6.45, 7) is 23.5. The lowest BCUT2D eigenvalue weighted by Crippen LogP contribution is -2.45. The number of rotatable bonds is 9. The van der Waals surface area contributed by atoms with Crippen molar-refractivity contribution in [1.29, 1.82) is 0 Å². The molecule has 0 unspecified atom stereocenters. The van der Waals surface area contributed by atoms with Crippen LogP contribution in [0.3, 0.4) is 0 Å². The third-order valence-electron chi connectivity index (χ3n) is 6.95. The molecule has 220 valence electrons. The summed E-state index contributed by atoms with van der Waals surface area (Å²) in [5, 5.41) is 0. The van der Waals surface area contributed by atoms with Crippen molar-refractivity contribution in [3.63, 3.8) is 0 Å². The number of benzene rings is 2. The summed E-state index contributed by atoms with van der Waals surface area (Å²) in [5.41, 5.74) is 5.41. The molecular weight excluding hydrogens is 542 g/mol. The first kappa shape index (κ1) is 31.4. The van der Waals surface area contributed by atoms with E-state index in [9.17, 15) is 0 Å². The smallest absolute Gasteiger partial charge is 0.397 e. The molecule has 0 aliphatic carbocycles. The van der Waals surface area contributed by atoms with Crippen LogP contribution in [-0.4, -0.2) is 26.4 Å². The molecule has 6 nitrogen and oxygen atoms in total. The van der Waals surface area contributed by atoms with E-state index in [1.54, 1.807) is 0 Å². The quantitative estimate of drug-likeness (QED) is 0.272. The molecular formula is C32H46O6P2. The van der Waals surface area contributed by atoms with Crippen LogP contribution >= 0.6 is 17.2 Å². The fourth-order valence-electron chi connectivity index (χ4n) is 4.67. The second kappa shape index (κ2) is 13.2. The molecule has 8 heteroatoms. The molecule has 1 spiro atoms. The van der Waals surface area contributed by atoms with Crippen molar-refractivity contribution in [2.75, 3.05) is 26.4 Å². The van der Waals surface area contributed by atoms with Crippen molar-refractivity contribution in [3.05, 3.63) is 65.2 Å². The van der Waals surface area contributed by atoms with Gasteiger partial charge in [0.05, 0.1) is 31.8 Å². The van der Waals surface area contributed by atoms with Gasteiger partial charge in [0.1, 0.15) is 11.5 Å². The summed E-state index contributed by atoms with van der Waals surface area (Å²) in [5.74, 6) is 2.67. The molecule has 0 N–H and O–H groups in total. The average Bonchev–Trinajstić information content (AvgIpc) is 2.87. The Bertz CT molecular complexity index is 1150. The Morgan fingerprint density at radius 3 is 1.85 bits per heavy atom. The minimum Gasteiger partial charge on any atom is -0.426 e. The molecule has 2 saturated heterocycles. The van der Waals surface area contributed by atoms with E-state index in [1.165, 1.54) is 16.7 Å². The summed E-state index contributed by atoms with van der Waals surface area (Å²) in [6, 6.07) is 12.7. The molecule has 0 atom stereocenters. The Labute approximate surface area is 243 Å². The monoisotopic (exact) mass is 588 g/mol. The van der Waals surface area contributed by atoms with Crippen molar-refractivity contribution in [3.8, 4) is 11.5 Å². The molecule has 0 amide bonds. The molecule has 2 heterocycles. The first-order valence-corrected chi connectivity index (χ1v) is 16.4. The van der Waals surface area contributed by atoms with Crippen LogP contribution < -0.4 is 9.05 Å². The molecule has 2 aliphatic rings. The normalized spacial score (nSPS) is 23.6. The highest BCUT2D eigenvalue weighted by molar-refractivity contribution is 7.42. The predicted molar refractivity (Wildman–Crippen MR) is 165 cm³/mol. The van der Waals surface area contributed by atoms with Gasteiger partial charge < -0.3 is 27.1 Å². The summed E-state index contributed by atoms with van der Waals surface area (Å²) in [6.07, 6.45) is 1.95. The second-order valence-corrected chi connectivity index (χ2v) is 15.4. The lowest BCUT2D eigenvalue weighted by molar-refractivity contribution is -0.0673. The van der Waals surface area contributed by atoms with Crippen LogP contribution in [0.15, 0.2) is 43.0 Å². The van der Waals surface area contributed by atoms with Crippen LogP contribution in [0.5, 0.6) is 11.5 Å². The highest BCUT2D eigenvalue weighted by atomic mass is 31.2. The Morgan fingerprint density at radius 2 is 1.35 bits per heavy atom. The molecule has 2 aromatic rings. The maximum absolute atomic E-state index is 6.27. The summed E-state index contributed by atoms with van der Waals surface area (Å²) in [7, 11) is -3.02. The fourth-order valence-corrected chi connectivity index (χ4v) is 7.21. The van der Waals surface area contributed by atoms with Gasteiger partial charge in [-0.3, -0.25) is 0 Å². The predicted octanol–water partition coefficient (Wildman–Crippen LogP) is 9.41. The van der Waals surface area contributed by atoms with E-state index in [4.69, 9.17) is 27.1 Å². The van der Waals surface area contributed by atoms with Crippen LogP contribution in [0.1, 0.15) is 77.6 Å². The topological polar surface area (TPSA) is 55.4 Å². The zero-order valence-electron chi connectivity index (χ0n) is 25.4. The SMILES string of the molecule is C=C(C)c1cc(CC(C)C)ccc1OP1OCC2(COP(Oc3ccc(C(C)(C)C)cc3CC(C)C)OC2)CO1. The van der Waals surface area contributed by atoms with Crippen LogP contribution in [0.4, 0.5) is 0 Å². The van der Waals surface area contributed by atoms with E-state index in [0.29, 0.717) is 38.3 Å². The Morgan fingerprint density at radius 1 is 0.825 bits per heavy atom. The van der Waals surface area contributed by atoms with Crippen LogP contribution in [0, 0.1) is 17.3 Å². The maximum Gasteiger partial charge on any atom is 0.397 e. The number of hydrogen-bond donors (Lipinski definition) is 0. The van der Waals surface area contributed by atoms with Gasteiger partial charge in [-0.15, -0.1) is 0 Å². The largest absolute Gasteiger partial charge is 0.426 e. The zero-order chi connectivity index (χ0) is 29.1. The standard InChI is InChI=1S/C32H46O6P2/c1-22(2)14-25-10-12-30(28(16-25)24(5)6)38-40-35-20-32(21-36-40)18-33-39(34-19-32)37-29-13-11-27(31(7,8)9)17-26(29)15-23(3)4/h10-13,16-17,22-23H,5,14-15,18-21H2,1-4,6-9H3. The second-order valence-electron chi connectivity index (χ2n) is 13.1. The summed E-state index contributed by atoms with van der Waals surface area (Å²) >= 11 is 0. The third kappa shape index (κ3) is 8.28. The average molecular weight is 589 g/mol. The van der Waals surface area contributed by atoms with Gasteiger partial charge in [0, 0.05) is 5.56 Å². The molecule has 2 fully saturated rings. The van der Waals surface area contributed by atoms with Gasteiger partial charge in [-0.1, -0.05) is 73.2 Å². The van der Waals surface area contributed by atoms with Crippen molar-refractivity contribution < 1.29 is 27.1 Å². The van der Waals surface area contributed by atoms with Crippen LogP contribution in [0.2, 0.25) is 0 Å². The highest BCUT2D eigenvalue weighted by Crippen LogP contribution is 2.54. The van der Waals surface area contributed by atoms with Gasteiger partial charge in [-0.25, -0.2) is 0 Å². The van der Waals surface area contributed by atoms with Gasteiger partial charge in [0.2, 0.25) is 0 Å². The number of allylic oxidation sites excluding steroid dienone is 1. The molecule has 0 radical (unpaired) electrons. The van der Waals surface area contributed by atoms with Crippen LogP contribution in [-0.2, 0) is 36.4 Å².